The van der Waals surface area contributed by atoms with Gasteiger partial charge in [0.1, 0.15) is 0 Å². The van der Waals surface area contributed by atoms with Crippen molar-refractivity contribution >= 4 is 45.5 Å². The SMILES string of the molecule is Cc1ccc2[nH]c(C)c(CCNC(=S)Nc3ccc(Cl)cc3)c2c1. The molecule has 0 fully saturated rings. The average molecular weight is 358 g/mol. The second-order valence-corrected chi connectivity index (χ2v) is 6.76. The Hall–Kier alpha value is -2.04. The van der Waals surface area contributed by atoms with E-state index in [0.717, 1.165) is 18.7 Å². The molecule has 1 aromatic heterocycles. The van der Waals surface area contributed by atoms with Crippen molar-refractivity contribution in [3.63, 3.8) is 0 Å². The molecule has 3 rings (SSSR count). The number of thiocarbonyl (C=S) groups is 1. The van der Waals surface area contributed by atoms with Crippen molar-refractivity contribution in [2.45, 2.75) is 20.3 Å². The van der Waals surface area contributed by atoms with Crippen LogP contribution in [0.5, 0.6) is 0 Å². The van der Waals surface area contributed by atoms with Crippen molar-refractivity contribution < 1.29 is 0 Å². The number of halogens is 1. The number of fused-ring (bicyclic) bond motifs is 1. The van der Waals surface area contributed by atoms with Crippen molar-refractivity contribution in [2.75, 3.05) is 11.9 Å². The van der Waals surface area contributed by atoms with Crippen LogP contribution in [-0.4, -0.2) is 16.6 Å². The summed E-state index contributed by atoms with van der Waals surface area (Å²) in [7, 11) is 0. The molecular weight excluding hydrogens is 338 g/mol. The van der Waals surface area contributed by atoms with Gasteiger partial charge in [-0.05, 0) is 74.4 Å². The molecule has 0 aliphatic rings. The summed E-state index contributed by atoms with van der Waals surface area (Å²) >= 11 is 11.2. The molecule has 1 heterocycles. The summed E-state index contributed by atoms with van der Waals surface area (Å²) in [5.74, 6) is 0. The van der Waals surface area contributed by atoms with Crippen LogP contribution in [-0.2, 0) is 6.42 Å². The normalized spacial score (nSPS) is 10.8. The van der Waals surface area contributed by atoms with Gasteiger partial charge in [-0.3, -0.25) is 0 Å². The Morgan fingerprint density at radius 1 is 1.12 bits per heavy atom. The Labute approximate surface area is 152 Å². The number of aromatic nitrogens is 1. The summed E-state index contributed by atoms with van der Waals surface area (Å²) in [5.41, 5.74) is 5.95. The number of nitrogens with one attached hydrogen (secondary N) is 3. The number of aryl methyl sites for hydroxylation is 2. The Balaban J connectivity index is 1.60. The van der Waals surface area contributed by atoms with Gasteiger partial charge in [-0.25, -0.2) is 0 Å². The molecule has 0 unspecified atom stereocenters. The first kappa shape index (κ1) is 16.8. The van der Waals surface area contributed by atoms with Gasteiger partial charge in [-0.15, -0.1) is 0 Å². The number of aromatic amines is 1. The molecule has 0 atom stereocenters. The zero-order valence-corrected chi connectivity index (χ0v) is 15.3. The van der Waals surface area contributed by atoms with Crippen LogP contribution in [0, 0.1) is 13.8 Å². The topological polar surface area (TPSA) is 39.9 Å². The molecule has 0 bridgehead atoms. The summed E-state index contributed by atoms with van der Waals surface area (Å²) in [6.07, 6.45) is 0.914. The van der Waals surface area contributed by atoms with Crippen LogP contribution in [0.2, 0.25) is 5.02 Å². The minimum atomic E-state index is 0.617. The first-order chi connectivity index (χ1) is 11.5. The van der Waals surface area contributed by atoms with Crippen LogP contribution in [0.15, 0.2) is 42.5 Å². The van der Waals surface area contributed by atoms with Gasteiger partial charge < -0.3 is 15.6 Å². The van der Waals surface area contributed by atoms with Gasteiger partial charge in [-0.2, -0.15) is 0 Å². The molecule has 0 amide bonds. The van der Waals surface area contributed by atoms with E-state index >= 15 is 0 Å². The fraction of sp³-hybridized carbons (Fsp3) is 0.211. The number of H-pyrrole nitrogens is 1. The highest BCUT2D eigenvalue weighted by atomic mass is 35.5. The number of hydrogen-bond donors (Lipinski definition) is 3. The van der Waals surface area contributed by atoms with Crippen molar-refractivity contribution in [3.05, 3.63) is 64.3 Å². The predicted molar refractivity (Wildman–Crippen MR) is 107 cm³/mol. The van der Waals surface area contributed by atoms with Crippen LogP contribution in [0.3, 0.4) is 0 Å². The predicted octanol–water partition coefficient (Wildman–Crippen LogP) is 4.97. The van der Waals surface area contributed by atoms with Crippen molar-refractivity contribution in [2.24, 2.45) is 0 Å². The number of hydrogen-bond acceptors (Lipinski definition) is 1. The number of benzene rings is 2. The molecule has 3 N–H and O–H groups in total. The lowest BCUT2D eigenvalue weighted by atomic mass is 10.1. The van der Waals surface area contributed by atoms with Gasteiger partial charge in [0.25, 0.3) is 0 Å². The smallest absolute Gasteiger partial charge is 0.170 e. The quantitative estimate of drug-likeness (QED) is 0.577. The second kappa shape index (κ2) is 7.24. The summed E-state index contributed by atoms with van der Waals surface area (Å²) in [6.45, 7) is 5.02. The molecule has 0 saturated heterocycles. The van der Waals surface area contributed by atoms with E-state index in [0.29, 0.717) is 10.1 Å². The van der Waals surface area contributed by atoms with Crippen LogP contribution in [0.1, 0.15) is 16.8 Å². The third-order valence-corrected chi connectivity index (χ3v) is 4.54. The standard InChI is InChI=1S/C19H20ClN3S/c1-12-3-8-18-17(11-12)16(13(2)22-18)9-10-21-19(24)23-15-6-4-14(20)5-7-15/h3-8,11,22H,9-10H2,1-2H3,(H2,21,23,24). The van der Waals surface area contributed by atoms with Crippen molar-refractivity contribution in [1.29, 1.82) is 0 Å². The molecule has 3 nitrogen and oxygen atoms in total. The molecule has 0 radical (unpaired) electrons. The molecule has 3 aromatic rings. The maximum atomic E-state index is 5.88. The third kappa shape index (κ3) is 3.89. The minimum absolute atomic E-state index is 0.617. The summed E-state index contributed by atoms with van der Waals surface area (Å²) in [6, 6.07) is 14.0. The van der Waals surface area contributed by atoms with Gasteiger partial charge in [0.15, 0.2) is 5.11 Å². The second-order valence-electron chi connectivity index (χ2n) is 5.92. The maximum absolute atomic E-state index is 5.88. The average Bonchev–Trinajstić information content (AvgIpc) is 2.85. The van der Waals surface area contributed by atoms with Crippen LogP contribution >= 0.6 is 23.8 Å². The lowest BCUT2D eigenvalue weighted by Gasteiger charge is -2.11. The molecule has 0 saturated carbocycles. The lowest BCUT2D eigenvalue weighted by molar-refractivity contribution is 0.871. The molecule has 124 valence electrons. The van der Waals surface area contributed by atoms with Crippen molar-refractivity contribution in [3.8, 4) is 0 Å². The van der Waals surface area contributed by atoms with E-state index in [1.54, 1.807) is 0 Å². The summed E-state index contributed by atoms with van der Waals surface area (Å²) < 4.78 is 0. The summed E-state index contributed by atoms with van der Waals surface area (Å²) in [4.78, 5) is 3.45. The van der Waals surface area contributed by atoms with E-state index in [4.69, 9.17) is 23.8 Å². The Kier molecular flexibility index (Phi) is 5.07. The van der Waals surface area contributed by atoms with E-state index in [9.17, 15) is 0 Å². The van der Waals surface area contributed by atoms with Crippen LogP contribution in [0.4, 0.5) is 5.69 Å². The van der Waals surface area contributed by atoms with E-state index in [2.05, 4.69) is 47.7 Å². The van der Waals surface area contributed by atoms with Gasteiger partial charge in [-0.1, -0.05) is 23.2 Å². The molecule has 0 aliphatic carbocycles. The fourth-order valence-electron chi connectivity index (χ4n) is 2.83. The van der Waals surface area contributed by atoms with Gasteiger partial charge in [0.2, 0.25) is 0 Å². The molecule has 2 aromatic carbocycles. The van der Waals surface area contributed by atoms with E-state index in [1.165, 1.54) is 27.7 Å². The van der Waals surface area contributed by atoms with Crippen LogP contribution < -0.4 is 10.6 Å². The largest absolute Gasteiger partial charge is 0.362 e. The zero-order valence-electron chi connectivity index (χ0n) is 13.7. The van der Waals surface area contributed by atoms with E-state index in [-0.39, 0.29) is 0 Å². The Morgan fingerprint density at radius 3 is 2.62 bits per heavy atom. The van der Waals surface area contributed by atoms with E-state index in [1.807, 2.05) is 24.3 Å². The van der Waals surface area contributed by atoms with Crippen LogP contribution in [0.25, 0.3) is 10.9 Å². The first-order valence-electron chi connectivity index (χ1n) is 7.91. The maximum Gasteiger partial charge on any atom is 0.170 e. The van der Waals surface area contributed by atoms with Gasteiger partial charge >= 0.3 is 0 Å². The fourth-order valence-corrected chi connectivity index (χ4v) is 3.17. The monoisotopic (exact) mass is 357 g/mol. The molecule has 5 heteroatoms. The molecule has 0 spiro atoms. The highest BCUT2D eigenvalue weighted by Gasteiger charge is 2.08. The number of rotatable bonds is 4. The van der Waals surface area contributed by atoms with Gasteiger partial charge in [0, 0.05) is 33.9 Å². The Bertz CT molecular complexity index is 868. The minimum Gasteiger partial charge on any atom is -0.362 e. The highest BCUT2D eigenvalue weighted by Crippen LogP contribution is 2.23. The lowest BCUT2D eigenvalue weighted by Crippen LogP contribution is -2.30. The van der Waals surface area contributed by atoms with E-state index < -0.39 is 0 Å². The molecular formula is C19H20ClN3S. The summed E-state index contributed by atoms with van der Waals surface area (Å²) in [5, 5.41) is 9.05. The zero-order chi connectivity index (χ0) is 17.1. The molecule has 0 aliphatic heterocycles. The third-order valence-electron chi connectivity index (χ3n) is 4.04. The van der Waals surface area contributed by atoms with Crippen molar-refractivity contribution in [1.82, 2.24) is 10.3 Å². The Morgan fingerprint density at radius 2 is 1.88 bits per heavy atom. The number of anilines is 1. The highest BCUT2D eigenvalue weighted by molar-refractivity contribution is 7.80. The molecule has 24 heavy (non-hydrogen) atoms. The van der Waals surface area contributed by atoms with Gasteiger partial charge in [0.05, 0.1) is 0 Å². The first-order valence-corrected chi connectivity index (χ1v) is 8.70.